The van der Waals surface area contributed by atoms with Crippen molar-refractivity contribution in [2.45, 2.75) is 36.0 Å². The van der Waals surface area contributed by atoms with Crippen LogP contribution in [0.5, 0.6) is 0 Å². The Kier molecular flexibility index (Phi) is 7.15. The molecule has 0 N–H and O–H groups in total. The molecule has 0 fully saturated rings. The predicted molar refractivity (Wildman–Crippen MR) is 97.9 cm³/mol. The van der Waals surface area contributed by atoms with Crippen molar-refractivity contribution in [2.24, 2.45) is 0 Å². The number of hydrogen-bond donors (Lipinski definition) is 0. The molecule has 0 aliphatic rings. The van der Waals surface area contributed by atoms with Crippen molar-refractivity contribution >= 4 is 22.6 Å². The monoisotopic (exact) mass is 640 g/mol. The fourth-order valence-electron chi connectivity index (χ4n) is 2.83. The van der Waals surface area contributed by atoms with Crippen molar-refractivity contribution in [3.8, 4) is 17.2 Å². The van der Waals surface area contributed by atoms with E-state index in [0.717, 1.165) is 34.7 Å². The standard InChI is InChI=1S/C19H5F14IN/c20-14(17(25,26)27,16(23,24)19(31,32)33)11-5-10(15(21,22)18(28,29)30)6-12(34)13(11)9-3-1-8(7-35)2-4-9/h1-5H. The van der Waals surface area contributed by atoms with E-state index in [1.807, 2.05) is 0 Å². The van der Waals surface area contributed by atoms with Crippen LogP contribution < -0.4 is 0 Å². The fraction of sp³-hybridized carbons (Fsp3) is 0.316. The molecule has 2 aromatic rings. The zero-order chi connectivity index (χ0) is 27.4. The first-order chi connectivity index (χ1) is 15.5. The van der Waals surface area contributed by atoms with Gasteiger partial charge >= 0.3 is 36.0 Å². The van der Waals surface area contributed by atoms with Crippen molar-refractivity contribution in [3.05, 3.63) is 56.7 Å². The Bertz CT molecular complexity index is 1140. The highest BCUT2D eigenvalue weighted by atomic mass is 127. The van der Waals surface area contributed by atoms with Crippen LogP contribution in [0.2, 0.25) is 0 Å². The largest absolute Gasteiger partial charge is 0.458 e. The maximum Gasteiger partial charge on any atom is 0.458 e. The van der Waals surface area contributed by atoms with Gasteiger partial charge in [0.15, 0.2) is 0 Å². The Morgan fingerprint density at radius 2 is 1.20 bits per heavy atom. The molecule has 35 heavy (non-hydrogen) atoms. The first-order valence-electron chi connectivity index (χ1n) is 8.46. The summed E-state index contributed by atoms with van der Waals surface area (Å²) in [5.74, 6) is -13.5. The lowest BCUT2D eigenvalue weighted by atomic mass is 9.81. The number of nitrogens with zero attached hydrogens (tertiary/aromatic N) is 1. The van der Waals surface area contributed by atoms with E-state index in [2.05, 4.69) is 0 Å². The van der Waals surface area contributed by atoms with Crippen LogP contribution in [0.4, 0.5) is 61.5 Å². The van der Waals surface area contributed by atoms with Gasteiger partial charge in [-0.15, -0.1) is 0 Å². The third-order valence-corrected chi connectivity index (χ3v) is 5.38. The smallest absolute Gasteiger partial charge is 0.221 e. The topological polar surface area (TPSA) is 23.8 Å². The van der Waals surface area contributed by atoms with E-state index >= 15 is 4.39 Å². The van der Waals surface area contributed by atoms with E-state index in [9.17, 15) is 57.1 Å². The van der Waals surface area contributed by atoms with E-state index in [-0.39, 0.29) is 5.56 Å². The van der Waals surface area contributed by atoms with Crippen LogP contribution in [0.25, 0.3) is 11.1 Å². The molecule has 0 spiro atoms. The zero-order valence-electron chi connectivity index (χ0n) is 16.0. The van der Waals surface area contributed by atoms with Crippen LogP contribution in [0.1, 0.15) is 16.7 Å². The molecule has 0 aliphatic carbocycles. The average Bonchev–Trinajstić information content (AvgIpc) is 2.70. The number of alkyl halides is 14. The molecule has 1 atom stereocenters. The quantitative estimate of drug-likeness (QED) is 0.244. The summed E-state index contributed by atoms with van der Waals surface area (Å²) in [5, 5.41) is 8.76. The molecular weight excluding hydrogens is 635 g/mol. The lowest BCUT2D eigenvalue weighted by Gasteiger charge is -2.38. The molecule has 2 rings (SSSR count). The van der Waals surface area contributed by atoms with E-state index < -0.39 is 67.9 Å². The van der Waals surface area contributed by atoms with Crippen molar-refractivity contribution < 1.29 is 61.5 Å². The third kappa shape index (κ3) is 4.62. The van der Waals surface area contributed by atoms with Crippen LogP contribution in [-0.2, 0) is 11.6 Å². The zero-order valence-corrected chi connectivity index (χ0v) is 18.2. The Labute approximate surface area is 199 Å². The van der Waals surface area contributed by atoms with E-state index in [1.165, 1.54) is 12.1 Å². The van der Waals surface area contributed by atoms with Crippen molar-refractivity contribution in [3.63, 3.8) is 0 Å². The molecule has 0 saturated heterocycles. The third-order valence-electron chi connectivity index (χ3n) is 4.57. The Hall–Kier alpha value is -2.32. The summed E-state index contributed by atoms with van der Waals surface area (Å²) in [6, 6.07) is 4.61. The summed E-state index contributed by atoms with van der Waals surface area (Å²) in [6.45, 7) is 0. The molecule has 0 saturated carbocycles. The Balaban J connectivity index is 3.15. The van der Waals surface area contributed by atoms with Crippen molar-refractivity contribution in [2.75, 3.05) is 0 Å². The lowest BCUT2D eigenvalue weighted by Crippen LogP contribution is -2.60. The van der Waals surface area contributed by atoms with Gasteiger partial charge in [-0.1, -0.05) is 12.1 Å². The van der Waals surface area contributed by atoms with Gasteiger partial charge in [0, 0.05) is 26.3 Å². The Morgan fingerprint density at radius 3 is 1.57 bits per heavy atom. The molecule has 1 radical (unpaired) electrons. The normalized spacial score (nSPS) is 15.5. The minimum Gasteiger partial charge on any atom is -0.221 e. The molecule has 0 aromatic heterocycles. The second-order valence-electron chi connectivity index (χ2n) is 6.78. The van der Waals surface area contributed by atoms with Crippen molar-refractivity contribution in [1.82, 2.24) is 0 Å². The highest BCUT2D eigenvalue weighted by molar-refractivity contribution is 14.1. The molecule has 1 unspecified atom stereocenters. The van der Waals surface area contributed by atoms with Gasteiger partial charge in [0.2, 0.25) is 0 Å². The van der Waals surface area contributed by atoms with Crippen LogP contribution >= 0.6 is 22.6 Å². The highest BCUT2D eigenvalue weighted by Crippen LogP contribution is 2.60. The highest BCUT2D eigenvalue weighted by Gasteiger charge is 2.82. The molecule has 0 aliphatic heterocycles. The Morgan fingerprint density at radius 1 is 0.714 bits per heavy atom. The second kappa shape index (κ2) is 8.66. The molecule has 191 valence electrons. The van der Waals surface area contributed by atoms with Crippen LogP contribution in [0, 0.1) is 21.0 Å². The van der Waals surface area contributed by atoms with Crippen LogP contribution in [-0.4, -0.2) is 24.5 Å². The maximum absolute atomic E-state index is 15.3. The van der Waals surface area contributed by atoms with E-state index in [4.69, 9.17) is 5.26 Å². The molecule has 2 aromatic carbocycles. The van der Waals surface area contributed by atoms with Gasteiger partial charge in [0.25, 0.3) is 0 Å². The van der Waals surface area contributed by atoms with Gasteiger partial charge < -0.3 is 0 Å². The van der Waals surface area contributed by atoms with Gasteiger partial charge in [0.05, 0.1) is 11.6 Å². The van der Waals surface area contributed by atoms with Gasteiger partial charge in [-0.05, 0) is 46.4 Å². The lowest BCUT2D eigenvalue weighted by molar-refractivity contribution is -0.389. The predicted octanol–water partition coefficient (Wildman–Crippen LogP) is 8.21. The van der Waals surface area contributed by atoms with Crippen LogP contribution in [0.15, 0.2) is 30.3 Å². The van der Waals surface area contributed by atoms with Gasteiger partial charge in [0.1, 0.15) is 0 Å². The first kappa shape index (κ1) is 28.9. The van der Waals surface area contributed by atoms with Gasteiger partial charge in [-0.2, -0.15) is 62.3 Å². The van der Waals surface area contributed by atoms with Crippen LogP contribution in [0.3, 0.4) is 0 Å². The minimum atomic E-state index is -7.35. The fourth-order valence-corrected chi connectivity index (χ4v) is 3.73. The summed E-state index contributed by atoms with van der Waals surface area (Å²) in [7, 11) is 0. The van der Waals surface area contributed by atoms with E-state index in [0.29, 0.717) is 12.1 Å². The second-order valence-corrected chi connectivity index (χ2v) is 7.85. The number of benzene rings is 2. The number of halogens is 15. The first-order valence-corrected chi connectivity index (χ1v) is 9.54. The molecule has 0 bridgehead atoms. The summed E-state index contributed by atoms with van der Waals surface area (Å²) in [4.78, 5) is 0. The molecule has 0 heterocycles. The van der Waals surface area contributed by atoms with Gasteiger partial charge in [-0.3, -0.25) is 0 Å². The van der Waals surface area contributed by atoms with Crippen molar-refractivity contribution in [1.29, 1.82) is 5.26 Å². The van der Waals surface area contributed by atoms with E-state index in [1.54, 1.807) is 0 Å². The molecule has 16 heteroatoms. The SMILES string of the molecule is N#Cc1ccc(-c2c(I)[c]c(C(F)(F)C(F)(F)F)cc2C(F)(C(F)(F)F)C(F)(F)C(F)(F)F)cc1. The molecular formula is C19H5F14IN. The minimum absolute atomic E-state index is 0.225. The molecule has 0 amide bonds. The number of nitriles is 1. The maximum atomic E-state index is 15.3. The van der Waals surface area contributed by atoms with Gasteiger partial charge in [-0.25, -0.2) is 4.39 Å². The summed E-state index contributed by atoms with van der Waals surface area (Å²) in [6.07, 6.45) is -21.0. The molecule has 1 nitrogen and oxygen atoms in total. The summed E-state index contributed by atoms with van der Waals surface area (Å²) < 4.78 is 188. The summed E-state index contributed by atoms with van der Waals surface area (Å²) >= 11 is 0.737. The summed E-state index contributed by atoms with van der Waals surface area (Å²) in [5.41, 5.74) is -14.9. The number of hydrogen-bond acceptors (Lipinski definition) is 1. The number of rotatable bonds is 4. The average molecular weight is 640 g/mol.